The molecule has 0 unspecified atom stereocenters. The summed E-state index contributed by atoms with van der Waals surface area (Å²) < 4.78 is 43.2. The van der Waals surface area contributed by atoms with Crippen LogP contribution in [0, 0.1) is 5.92 Å². The lowest BCUT2D eigenvalue weighted by Gasteiger charge is -2.25. The molecule has 0 radical (unpaired) electrons. The number of halogens is 3. The quantitative estimate of drug-likeness (QED) is 0.629. The Morgan fingerprint density at radius 3 is 2.61 bits per heavy atom. The van der Waals surface area contributed by atoms with Crippen molar-refractivity contribution in [2.75, 3.05) is 39.8 Å². The molecule has 0 bridgehead atoms. The molecule has 0 spiro atoms. The van der Waals surface area contributed by atoms with Crippen molar-refractivity contribution in [3.63, 3.8) is 0 Å². The average molecular weight is 400 g/mol. The molecule has 1 saturated heterocycles. The lowest BCUT2D eigenvalue weighted by molar-refractivity contribution is -0.146. The molecule has 1 atom stereocenters. The molecule has 8 heteroatoms. The first-order chi connectivity index (χ1) is 13.1. The van der Waals surface area contributed by atoms with E-state index in [4.69, 9.17) is 4.74 Å². The van der Waals surface area contributed by atoms with Crippen LogP contribution in [0.5, 0.6) is 5.75 Å². The molecule has 0 saturated carbocycles. The Bertz CT molecular complexity index is 706. The minimum Gasteiger partial charge on any atom is -0.496 e. The second-order valence-electron chi connectivity index (χ2n) is 7.20. The Hall–Kier alpha value is -2.09. The van der Waals surface area contributed by atoms with E-state index < -0.39 is 12.7 Å². The standard InChI is InChI=1S/C20H27F3N2O3/c1-4-24(13-20(21,22)23)11-15-7-8-25(12-15)19(27)10-17-9-16(14(2)26)5-6-18(17)28-3/h5-6,9,15H,4,7-8,10-13H2,1-3H3/t15-/m0/s1. The highest BCUT2D eigenvalue weighted by Crippen LogP contribution is 2.25. The second-order valence-corrected chi connectivity index (χ2v) is 7.20. The van der Waals surface area contributed by atoms with Gasteiger partial charge in [-0.1, -0.05) is 6.92 Å². The molecule has 0 aliphatic carbocycles. The Morgan fingerprint density at radius 2 is 2.04 bits per heavy atom. The summed E-state index contributed by atoms with van der Waals surface area (Å²) in [5.41, 5.74) is 1.14. The van der Waals surface area contributed by atoms with Crippen LogP contribution in [0.3, 0.4) is 0 Å². The van der Waals surface area contributed by atoms with Gasteiger partial charge in [0.15, 0.2) is 5.78 Å². The number of carbonyl (C=O) groups excluding carboxylic acids is 2. The molecular weight excluding hydrogens is 373 g/mol. The number of hydrogen-bond donors (Lipinski definition) is 0. The lowest BCUT2D eigenvalue weighted by Crippen LogP contribution is -2.38. The topological polar surface area (TPSA) is 49.9 Å². The van der Waals surface area contributed by atoms with E-state index >= 15 is 0 Å². The number of nitrogens with zero attached hydrogens (tertiary/aromatic N) is 2. The van der Waals surface area contributed by atoms with Crippen LogP contribution in [-0.4, -0.2) is 67.5 Å². The van der Waals surface area contributed by atoms with Crippen LogP contribution in [0.25, 0.3) is 0 Å². The number of likely N-dealkylation sites (tertiary alicyclic amines) is 1. The van der Waals surface area contributed by atoms with E-state index in [9.17, 15) is 22.8 Å². The van der Waals surface area contributed by atoms with E-state index in [0.717, 1.165) is 0 Å². The van der Waals surface area contributed by atoms with Crippen LogP contribution < -0.4 is 4.74 Å². The highest BCUT2D eigenvalue weighted by atomic mass is 19.4. The predicted octanol–water partition coefficient (Wildman–Crippen LogP) is 3.17. The Morgan fingerprint density at radius 1 is 1.32 bits per heavy atom. The summed E-state index contributed by atoms with van der Waals surface area (Å²) in [6.07, 6.45) is -3.44. The molecule has 1 aliphatic heterocycles. The number of Topliss-reactive ketones (excluding diaryl/α,β-unsaturated/α-hetero) is 1. The Kier molecular flexibility index (Phi) is 7.46. The summed E-state index contributed by atoms with van der Waals surface area (Å²) in [7, 11) is 1.50. The number of amides is 1. The predicted molar refractivity (Wildman–Crippen MR) is 99.6 cm³/mol. The number of ether oxygens (including phenoxy) is 1. The van der Waals surface area contributed by atoms with Gasteiger partial charge in [-0.05, 0) is 44.0 Å². The minimum atomic E-state index is -4.22. The fraction of sp³-hybridized carbons (Fsp3) is 0.600. The maximum absolute atomic E-state index is 12.7. The Balaban J connectivity index is 1.98. The van der Waals surface area contributed by atoms with Gasteiger partial charge in [0.1, 0.15) is 5.75 Å². The molecule has 5 nitrogen and oxygen atoms in total. The fourth-order valence-corrected chi connectivity index (χ4v) is 3.54. The monoisotopic (exact) mass is 400 g/mol. The van der Waals surface area contributed by atoms with Crippen molar-refractivity contribution in [3.05, 3.63) is 29.3 Å². The molecule has 1 fully saturated rings. The summed E-state index contributed by atoms with van der Waals surface area (Å²) in [4.78, 5) is 27.3. The molecular formula is C20H27F3N2O3. The molecule has 2 rings (SSSR count). The van der Waals surface area contributed by atoms with Gasteiger partial charge in [-0.2, -0.15) is 13.2 Å². The zero-order valence-electron chi connectivity index (χ0n) is 16.5. The minimum absolute atomic E-state index is 0.0247. The van der Waals surface area contributed by atoms with Gasteiger partial charge in [0.2, 0.25) is 5.91 Å². The Labute approximate surface area is 163 Å². The normalized spacial score (nSPS) is 17.2. The van der Waals surface area contributed by atoms with E-state index in [2.05, 4.69) is 0 Å². The van der Waals surface area contributed by atoms with Gasteiger partial charge in [-0.3, -0.25) is 14.5 Å². The molecule has 1 aromatic carbocycles. The highest BCUT2D eigenvalue weighted by molar-refractivity contribution is 5.94. The van der Waals surface area contributed by atoms with Crippen LogP contribution in [0.4, 0.5) is 13.2 Å². The summed E-state index contributed by atoms with van der Waals surface area (Å²) in [5.74, 6) is 0.357. The van der Waals surface area contributed by atoms with Crippen LogP contribution >= 0.6 is 0 Å². The van der Waals surface area contributed by atoms with E-state index in [1.165, 1.54) is 18.9 Å². The summed E-state index contributed by atoms with van der Waals surface area (Å²) >= 11 is 0. The average Bonchev–Trinajstić information content (AvgIpc) is 3.08. The van der Waals surface area contributed by atoms with Crippen molar-refractivity contribution in [3.8, 4) is 5.75 Å². The van der Waals surface area contributed by atoms with Gasteiger partial charge in [0.25, 0.3) is 0 Å². The van der Waals surface area contributed by atoms with Gasteiger partial charge in [0, 0.05) is 30.8 Å². The lowest BCUT2D eigenvalue weighted by atomic mass is 10.0. The third-order valence-electron chi connectivity index (χ3n) is 5.03. The van der Waals surface area contributed by atoms with Crippen molar-refractivity contribution in [2.24, 2.45) is 5.92 Å². The smallest absolute Gasteiger partial charge is 0.401 e. The largest absolute Gasteiger partial charge is 0.496 e. The SMILES string of the molecule is CCN(C[C@@H]1CCN(C(=O)Cc2cc(C(C)=O)ccc2OC)C1)CC(F)(F)F. The number of alkyl halides is 3. The fourth-order valence-electron chi connectivity index (χ4n) is 3.54. The third kappa shape index (κ3) is 6.22. The van der Waals surface area contributed by atoms with E-state index in [1.807, 2.05) is 0 Å². The van der Waals surface area contributed by atoms with Crippen molar-refractivity contribution in [1.82, 2.24) is 9.80 Å². The zero-order chi connectivity index (χ0) is 20.9. The number of rotatable bonds is 8. The van der Waals surface area contributed by atoms with Crippen molar-refractivity contribution < 1.29 is 27.5 Å². The summed E-state index contributed by atoms with van der Waals surface area (Å²) in [6.45, 7) is 3.85. The molecule has 0 aromatic heterocycles. The second kappa shape index (κ2) is 9.41. The molecule has 156 valence electrons. The molecule has 28 heavy (non-hydrogen) atoms. The van der Waals surface area contributed by atoms with Crippen molar-refractivity contribution in [1.29, 1.82) is 0 Å². The number of hydrogen-bond acceptors (Lipinski definition) is 4. The van der Waals surface area contributed by atoms with Crippen LogP contribution in [0.15, 0.2) is 18.2 Å². The number of methoxy groups -OCH3 is 1. The van der Waals surface area contributed by atoms with E-state index in [0.29, 0.717) is 49.5 Å². The van der Waals surface area contributed by atoms with Gasteiger partial charge < -0.3 is 9.64 Å². The van der Waals surface area contributed by atoms with Gasteiger partial charge in [0.05, 0.1) is 20.1 Å². The molecule has 0 N–H and O–H groups in total. The van der Waals surface area contributed by atoms with E-state index in [-0.39, 0.29) is 24.0 Å². The molecule has 1 amide bonds. The molecule has 1 aromatic rings. The van der Waals surface area contributed by atoms with Gasteiger partial charge >= 0.3 is 6.18 Å². The number of benzene rings is 1. The maximum atomic E-state index is 12.7. The number of carbonyl (C=O) groups is 2. The van der Waals surface area contributed by atoms with E-state index in [1.54, 1.807) is 30.0 Å². The first kappa shape index (κ1) is 22.2. The third-order valence-corrected chi connectivity index (χ3v) is 5.03. The molecule has 1 heterocycles. The highest BCUT2D eigenvalue weighted by Gasteiger charge is 2.33. The molecule has 1 aliphatic rings. The zero-order valence-corrected chi connectivity index (χ0v) is 16.5. The summed E-state index contributed by atoms with van der Waals surface area (Å²) in [6, 6.07) is 4.98. The van der Waals surface area contributed by atoms with Gasteiger partial charge in [-0.25, -0.2) is 0 Å². The van der Waals surface area contributed by atoms with Crippen molar-refractivity contribution in [2.45, 2.75) is 32.9 Å². The number of ketones is 1. The summed E-state index contributed by atoms with van der Waals surface area (Å²) in [5, 5.41) is 0. The first-order valence-electron chi connectivity index (χ1n) is 9.37. The maximum Gasteiger partial charge on any atom is 0.401 e. The van der Waals surface area contributed by atoms with Gasteiger partial charge in [-0.15, -0.1) is 0 Å². The van der Waals surface area contributed by atoms with Crippen molar-refractivity contribution >= 4 is 11.7 Å². The van der Waals surface area contributed by atoms with Crippen LogP contribution in [0.1, 0.15) is 36.2 Å². The van der Waals surface area contributed by atoms with Crippen LogP contribution in [0.2, 0.25) is 0 Å². The first-order valence-corrected chi connectivity index (χ1v) is 9.37. The van der Waals surface area contributed by atoms with Crippen LogP contribution in [-0.2, 0) is 11.2 Å².